The zero-order valence-corrected chi connectivity index (χ0v) is 23.3. The second-order valence-electron chi connectivity index (χ2n) is 8.04. The van der Waals surface area contributed by atoms with Gasteiger partial charge >= 0.3 is 6.03 Å². The lowest BCUT2D eigenvalue weighted by Gasteiger charge is -2.26. The van der Waals surface area contributed by atoms with Crippen LogP contribution in [-0.2, 0) is 14.4 Å². The molecule has 0 atom stereocenters. The SMILES string of the molecule is Cc1ccc(N2C(=O)NC(=O)/C(=C\c3cc(Br)ccc3OCC(=O)Nc3ccc(Cl)c(Cl)c3)C2=O)cc1Cl. The number of nitrogens with one attached hydrogen (secondary N) is 2. The fourth-order valence-corrected chi connectivity index (χ4v) is 4.30. The minimum atomic E-state index is -0.901. The van der Waals surface area contributed by atoms with Crippen LogP contribution < -0.4 is 20.3 Å². The second kappa shape index (κ2) is 11.6. The molecule has 0 unspecified atom stereocenters. The van der Waals surface area contributed by atoms with Gasteiger partial charge in [-0.25, -0.2) is 9.69 Å². The Morgan fingerprint density at radius 2 is 1.76 bits per heavy atom. The molecule has 0 radical (unpaired) electrons. The van der Waals surface area contributed by atoms with Gasteiger partial charge in [0.05, 0.1) is 15.7 Å². The molecule has 0 saturated carbocycles. The molecule has 194 valence electrons. The summed E-state index contributed by atoms with van der Waals surface area (Å²) in [5.74, 6) is -1.99. The van der Waals surface area contributed by atoms with Crippen LogP contribution in [0.3, 0.4) is 0 Å². The first kappa shape index (κ1) is 27.7. The number of barbiturate groups is 1. The van der Waals surface area contributed by atoms with E-state index in [-0.39, 0.29) is 28.6 Å². The molecule has 12 heteroatoms. The van der Waals surface area contributed by atoms with Crippen LogP contribution in [0.15, 0.2) is 64.6 Å². The Balaban J connectivity index is 1.58. The second-order valence-corrected chi connectivity index (χ2v) is 10.2. The number of ether oxygens (including phenoxy) is 1. The van der Waals surface area contributed by atoms with E-state index in [4.69, 9.17) is 39.5 Å². The molecular weight excluding hydrogens is 621 g/mol. The molecule has 3 aromatic rings. The molecule has 1 saturated heterocycles. The van der Waals surface area contributed by atoms with Crippen LogP contribution in [0.25, 0.3) is 6.08 Å². The third kappa shape index (κ3) is 6.19. The van der Waals surface area contributed by atoms with Crippen molar-refractivity contribution in [2.45, 2.75) is 6.92 Å². The molecule has 4 rings (SSSR count). The number of halogens is 4. The van der Waals surface area contributed by atoms with E-state index in [2.05, 4.69) is 26.6 Å². The summed E-state index contributed by atoms with van der Waals surface area (Å²) in [6.45, 7) is 1.39. The Kier molecular flexibility index (Phi) is 8.42. The number of rotatable bonds is 6. The molecule has 0 aliphatic carbocycles. The van der Waals surface area contributed by atoms with Crippen LogP contribution >= 0.6 is 50.7 Å². The first-order valence-electron chi connectivity index (χ1n) is 10.9. The molecule has 0 aromatic heterocycles. The molecule has 1 fully saturated rings. The number of hydrogen-bond donors (Lipinski definition) is 2. The Morgan fingerprint density at radius 3 is 2.47 bits per heavy atom. The van der Waals surface area contributed by atoms with E-state index in [9.17, 15) is 19.2 Å². The number of carbonyl (C=O) groups is 4. The van der Waals surface area contributed by atoms with Gasteiger partial charge in [0.15, 0.2) is 6.61 Å². The van der Waals surface area contributed by atoms with Gasteiger partial charge < -0.3 is 10.1 Å². The van der Waals surface area contributed by atoms with E-state index in [1.165, 1.54) is 18.2 Å². The summed E-state index contributed by atoms with van der Waals surface area (Å²) in [5.41, 5.74) is 1.38. The third-order valence-corrected chi connectivity index (χ3v) is 6.99. The quantitative estimate of drug-likeness (QED) is 0.241. The van der Waals surface area contributed by atoms with E-state index in [1.807, 2.05) is 0 Å². The third-order valence-electron chi connectivity index (χ3n) is 5.35. The summed E-state index contributed by atoms with van der Waals surface area (Å²) in [7, 11) is 0. The highest BCUT2D eigenvalue weighted by atomic mass is 79.9. The van der Waals surface area contributed by atoms with Crippen LogP contribution in [0.1, 0.15) is 11.1 Å². The maximum Gasteiger partial charge on any atom is 0.335 e. The highest BCUT2D eigenvalue weighted by Gasteiger charge is 2.37. The molecule has 1 aliphatic rings. The molecular formula is C26H17BrCl3N3O5. The average molecular weight is 638 g/mol. The first-order valence-corrected chi connectivity index (χ1v) is 12.8. The van der Waals surface area contributed by atoms with Crippen molar-refractivity contribution in [3.8, 4) is 5.75 Å². The van der Waals surface area contributed by atoms with Crippen molar-refractivity contribution < 1.29 is 23.9 Å². The highest BCUT2D eigenvalue weighted by molar-refractivity contribution is 9.10. The number of hydrogen-bond acceptors (Lipinski definition) is 5. The van der Waals surface area contributed by atoms with Gasteiger partial charge in [0.1, 0.15) is 11.3 Å². The number of aryl methyl sites for hydroxylation is 1. The lowest BCUT2D eigenvalue weighted by atomic mass is 10.1. The summed E-state index contributed by atoms with van der Waals surface area (Å²) < 4.78 is 6.30. The van der Waals surface area contributed by atoms with Gasteiger partial charge in [0.2, 0.25) is 0 Å². The lowest BCUT2D eigenvalue weighted by Crippen LogP contribution is -2.54. The van der Waals surface area contributed by atoms with E-state index in [0.717, 1.165) is 10.5 Å². The monoisotopic (exact) mass is 635 g/mol. The largest absolute Gasteiger partial charge is 0.483 e. The van der Waals surface area contributed by atoms with Gasteiger partial charge in [0, 0.05) is 20.7 Å². The smallest absolute Gasteiger partial charge is 0.335 e. The van der Waals surface area contributed by atoms with E-state index >= 15 is 0 Å². The number of urea groups is 1. The van der Waals surface area contributed by atoms with Gasteiger partial charge in [-0.05, 0) is 67.1 Å². The van der Waals surface area contributed by atoms with Crippen molar-refractivity contribution in [3.05, 3.63) is 90.8 Å². The Hall–Kier alpha value is -3.37. The predicted octanol–water partition coefficient (Wildman–Crippen LogP) is 6.40. The minimum absolute atomic E-state index is 0.200. The number of nitrogens with zero attached hydrogens (tertiary/aromatic N) is 1. The average Bonchev–Trinajstić information content (AvgIpc) is 2.85. The maximum atomic E-state index is 13.3. The Labute approximate surface area is 240 Å². The Morgan fingerprint density at radius 1 is 1.00 bits per heavy atom. The van der Waals surface area contributed by atoms with Crippen molar-refractivity contribution in [1.29, 1.82) is 0 Å². The number of amides is 5. The summed E-state index contributed by atoms with van der Waals surface area (Å²) >= 11 is 21.4. The molecule has 1 heterocycles. The van der Waals surface area contributed by atoms with Crippen LogP contribution in [0.5, 0.6) is 5.75 Å². The molecule has 2 N–H and O–H groups in total. The molecule has 1 aliphatic heterocycles. The lowest BCUT2D eigenvalue weighted by molar-refractivity contribution is -0.122. The van der Waals surface area contributed by atoms with Crippen molar-refractivity contribution >= 4 is 91.9 Å². The van der Waals surface area contributed by atoms with E-state index < -0.39 is 23.8 Å². The van der Waals surface area contributed by atoms with Crippen molar-refractivity contribution in [2.75, 3.05) is 16.8 Å². The van der Waals surface area contributed by atoms with Gasteiger partial charge in [-0.15, -0.1) is 0 Å². The number of carbonyl (C=O) groups excluding carboxylic acids is 4. The molecule has 5 amide bonds. The zero-order chi connectivity index (χ0) is 27.6. The van der Waals surface area contributed by atoms with Crippen LogP contribution in [0, 0.1) is 6.92 Å². The molecule has 0 bridgehead atoms. The van der Waals surface area contributed by atoms with Gasteiger partial charge in [-0.1, -0.05) is 56.8 Å². The number of anilines is 2. The van der Waals surface area contributed by atoms with Gasteiger partial charge in [-0.3, -0.25) is 19.7 Å². The zero-order valence-electron chi connectivity index (χ0n) is 19.5. The highest BCUT2D eigenvalue weighted by Crippen LogP contribution is 2.30. The van der Waals surface area contributed by atoms with Crippen LogP contribution in [-0.4, -0.2) is 30.4 Å². The Bertz CT molecular complexity index is 1530. The molecule has 0 spiro atoms. The maximum absolute atomic E-state index is 13.3. The fraction of sp³-hybridized carbons (Fsp3) is 0.0769. The summed E-state index contributed by atoms with van der Waals surface area (Å²) in [6.07, 6.45) is 1.28. The molecule has 3 aromatic carbocycles. The summed E-state index contributed by atoms with van der Waals surface area (Å²) in [6, 6.07) is 13.2. The normalized spacial score (nSPS) is 14.5. The van der Waals surface area contributed by atoms with Crippen LogP contribution in [0.2, 0.25) is 15.1 Å². The summed E-state index contributed by atoms with van der Waals surface area (Å²) in [5, 5.41) is 5.78. The van der Waals surface area contributed by atoms with Crippen LogP contribution in [0.4, 0.5) is 16.2 Å². The minimum Gasteiger partial charge on any atom is -0.483 e. The van der Waals surface area contributed by atoms with Gasteiger partial charge in [-0.2, -0.15) is 0 Å². The number of benzene rings is 3. The van der Waals surface area contributed by atoms with Gasteiger partial charge in [0.25, 0.3) is 17.7 Å². The standard InChI is InChI=1S/C26H17BrCl3N3O5/c1-13-2-5-17(11-20(13)29)33-25(36)18(24(35)32-26(33)37)9-14-8-15(27)3-7-22(14)38-12-23(34)31-16-4-6-19(28)21(30)10-16/h2-11H,12H2,1H3,(H,31,34)(H,32,35,37)/b18-9+. The molecule has 8 nitrogen and oxygen atoms in total. The fourth-order valence-electron chi connectivity index (χ4n) is 3.45. The predicted molar refractivity (Wildman–Crippen MR) is 150 cm³/mol. The first-order chi connectivity index (χ1) is 18.0. The van der Waals surface area contributed by atoms with Crippen molar-refractivity contribution in [3.63, 3.8) is 0 Å². The van der Waals surface area contributed by atoms with Crippen molar-refractivity contribution in [1.82, 2.24) is 5.32 Å². The van der Waals surface area contributed by atoms with E-state index in [1.54, 1.807) is 49.4 Å². The molecule has 38 heavy (non-hydrogen) atoms. The van der Waals surface area contributed by atoms with E-state index in [0.29, 0.717) is 25.8 Å². The number of imide groups is 2. The van der Waals surface area contributed by atoms with Crippen molar-refractivity contribution in [2.24, 2.45) is 0 Å². The summed E-state index contributed by atoms with van der Waals surface area (Å²) in [4.78, 5) is 51.6. The topological polar surface area (TPSA) is 105 Å².